The van der Waals surface area contributed by atoms with Crippen molar-refractivity contribution < 1.29 is 18.0 Å². The molecule has 0 aromatic rings. The van der Waals surface area contributed by atoms with Crippen molar-refractivity contribution in [3.63, 3.8) is 0 Å². The van der Waals surface area contributed by atoms with Gasteiger partial charge in [0.05, 0.1) is 12.8 Å². The van der Waals surface area contributed by atoms with E-state index in [1.807, 2.05) is 0 Å². The van der Waals surface area contributed by atoms with Gasteiger partial charge in [0.25, 0.3) is 0 Å². The third-order valence-corrected chi connectivity index (χ3v) is 1.69. The molecule has 1 rings (SSSR count). The number of carbonyl (C=O) groups excluding carboxylic acids is 1. The monoisotopic (exact) mass is 180 g/mol. The lowest BCUT2D eigenvalue weighted by Crippen LogP contribution is -2.48. The second-order valence-electron chi connectivity index (χ2n) is 2.77. The largest absolute Gasteiger partial charge is 0.413 e. The highest BCUT2D eigenvalue weighted by atomic mass is 19.4. The van der Waals surface area contributed by atoms with E-state index in [9.17, 15) is 18.0 Å². The summed E-state index contributed by atoms with van der Waals surface area (Å²) in [6.07, 6.45) is -4.33. The number of rotatable bonds is 0. The van der Waals surface area contributed by atoms with E-state index in [0.29, 0.717) is 0 Å². The molecule has 3 nitrogen and oxygen atoms in total. The lowest BCUT2D eigenvalue weighted by atomic mass is 9.96. The molecule has 0 aromatic carbocycles. The molecule has 0 saturated carbocycles. The maximum atomic E-state index is 12.2. The molecular formula is C6H7F3N2O. The van der Waals surface area contributed by atoms with Crippen LogP contribution in [0.1, 0.15) is 13.3 Å². The van der Waals surface area contributed by atoms with E-state index in [2.05, 4.69) is 10.3 Å². The standard InChI is InChI=1S/C6H7F3N2O/c1-5(6(7,8)9)2-4(12)10-3-11-5/h3H,2H2,1H3,(H,10,11,12). The number of hydrogen-bond acceptors (Lipinski definition) is 2. The molecule has 0 aliphatic carbocycles. The number of carbonyl (C=O) groups is 1. The van der Waals surface area contributed by atoms with Crippen LogP contribution in [0.25, 0.3) is 0 Å². The smallest absolute Gasteiger partial charge is 0.317 e. The number of hydrogen-bond donors (Lipinski definition) is 1. The molecule has 1 aliphatic heterocycles. The molecule has 68 valence electrons. The summed E-state index contributed by atoms with van der Waals surface area (Å²) in [4.78, 5) is 13.8. The number of alkyl halides is 3. The Kier molecular flexibility index (Phi) is 1.85. The van der Waals surface area contributed by atoms with E-state index >= 15 is 0 Å². The topological polar surface area (TPSA) is 41.5 Å². The SMILES string of the molecule is CC1(C(F)(F)F)CC(=O)NC=N1. The molecule has 0 spiro atoms. The van der Waals surface area contributed by atoms with Crippen molar-refractivity contribution in [1.82, 2.24) is 5.32 Å². The molecule has 0 saturated heterocycles. The minimum atomic E-state index is -4.47. The first-order valence-corrected chi connectivity index (χ1v) is 3.25. The summed E-state index contributed by atoms with van der Waals surface area (Å²) in [7, 11) is 0. The molecule has 6 heteroatoms. The van der Waals surface area contributed by atoms with Gasteiger partial charge < -0.3 is 5.32 Å². The Hall–Kier alpha value is -1.07. The molecule has 1 heterocycles. The van der Waals surface area contributed by atoms with Crippen molar-refractivity contribution in [2.24, 2.45) is 4.99 Å². The van der Waals surface area contributed by atoms with Crippen molar-refractivity contribution in [2.75, 3.05) is 0 Å². The highest BCUT2D eigenvalue weighted by Gasteiger charge is 2.53. The number of aliphatic imine (C=N–C) groups is 1. The van der Waals surface area contributed by atoms with E-state index < -0.39 is 24.0 Å². The van der Waals surface area contributed by atoms with Crippen molar-refractivity contribution in [2.45, 2.75) is 25.1 Å². The molecule has 1 unspecified atom stereocenters. The van der Waals surface area contributed by atoms with Gasteiger partial charge in [0, 0.05) is 0 Å². The van der Waals surface area contributed by atoms with Crippen LogP contribution in [0.5, 0.6) is 0 Å². The summed E-state index contributed by atoms with van der Waals surface area (Å²) in [5, 5.41) is 2.08. The third kappa shape index (κ3) is 1.41. The fraction of sp³-hybridized carbons (Fsp3) is 0.667. The summed E-state index contributed by atoms with van der Waals surface area (Å²) in [6.45, 7) is 0.891. The van der Waals surface area contributed by atoms with Crippen LogP contribution in [0.15, 0.2) is 4.99 Å². The number of nitrogens with zero attached hydrogens (tertiary/aromatic N) is 1. The predicted octanol–water partition coefficient (Wildman–Crippen LogP) is 0.856. The average molecular weight is 180 g/mol. The Morgan fingerprint density at radius 2 is 2.25 bits per heavy atom. The van der Waals surface area contributed by atoms with Gasteiger partial charge >= 0.3 is 6.18 Å². The Balaban J connectivity index is 2.92. The highest BCUT2D eigenvalue weighted by molar-refractivity contribution is 5.90. The van der Waals surface area contributed by atoms with Gasteiger partial charge in [0.2, 0.25) is 5.91 Å². The van der Waals surface area contributed by atoms with E-state index in [1.54, 1.807) is 0 Å². The maximum absolute atomic E-state index is 12.2. The van der Waals surface area contributed by atoms with Gasteiger partial charge in [-0.1, -0.05) is 0 Å². The molecule has 0 aromatic heterocycles. The first kappa shape index (κ1) is 9.02. The second kappa shape index (κ2) is 2.46. The Labute approximate surface area is 66.7 Å². The molecule has 0 radical (unpaired) electrons. The lowest BCUT2D eigenvalue weighted by Gasteiger charge is -2.29. The minimum Gasteiger partial charge on any atom is -0.317 e. The maximum Gasteiger partial charge on any atom is 0.413 e. The van der Waals surface area contributed by atoms with Crippen molar-refractivity contribution in [3.8, 4) is 0 Å². The van der Waals surface area contributed by atoms with E-state index in [0.717, 1.165) is 13.3 Å². The second-order valence-corrected chi connectivity index (χ2v) is 2.77. The van der Waals surface area contributed by atoms with Gasteiger partial charge in [-0.3, -0.25) is 9.79 Å². The zero-order valence-corrected chi connectivity index (χ0v) is 6.27. The normalized spacial score (nSPS) is 30.2. The van der Waals surface area contributed by atoms with Crippen molar-refractivity contribution in [3.05, 3.63) is 0 Å². The first-order chi connectivity index (χ1) is 5.35. The molecule has 0 fully saturated rings. The highest BCUT2D eigenvalue weighted by Crippen LogP contribution is 2.36. The molecular weight excluding hydrogens is 173 g/mol. The van der Waals surface area contributed by atoms with Crippen LogP contribution in [-0.2, 0) is 4.79 Å². The predicted molar refractivity (Wildman–Crippen MR) is 35.7 cm³/mol. The van der Waals surface area contributed by atoms with Gasteiger partial charge in [-0.05, 0) is 6.92 Å². The van der Waals surface area contributed by atoms with Crippen LogP contribution < -0.4 is 5.32 Å². The van der Waals surface area contributed by atoms with Crippen LogP contribution >= 0.6 is 0 Å². The fourth-order valence-corrected chi connectivity index (χ4v) is 0.829. The lowest BCUT2D eigenvalue weighted by molar-refractivity contribution is -0.184. The van der Waals surface area contributed by atoms with E-state index in [4.69, 9.17) is 0 Å². The zero-order valence-electron chi connectivity index (χ0n) is 6.27. The van der Waals surface area contributed by atoms with Gasteiger partial charge in [-0.15, -0.1) is 0 Å². The summed E-state index contributed by atoms with van der Waals surface area (Å²) in [5.74, 6) is -0.662. The number of halogens is 3. The van der Waals surface area contributed by atoms with Gasteiger partial charge in [0.1, 0.15) is 0 Å². The summed E-state index contributed by atoms with van der Waals surface area (Å²) in [5.41, 5.74) is -2.25. The minimum absolute atomic E-state index is 0.646. The van der Waals surface area contributed by atoms with Crippen LogP contribution in [-0.4, -0.2) is 24.0 Å². The average Bonchev–Trinajstić information content (AvgIpc) is 1.83. The summed E-state index contributed by atoms with van der Waals surface area (Å²) >= 11 is 0. The number of amides is 1. The van der Waals surface area contributed by atoms with Crippen LogP contribution in [0.2, 0.25) is 0 Å². The van der Waals surface area contributed by atoms with Gasteiger partial charge in [0.15, 0.2) is 5.54 Å². The first-order valence-electron chi connectivity index (χ1n) is 3.25. The summed E-state index contributed by atoms with van der Waals surface area (Å²) in [6, 6.07) is 0. The van der Waals surface area contributed by atoms with Gasteiger partial charge in [-0.2, -0.15) is 13.2 Å². The molecule has 1 amide bonds. The quantitative estimate of drug-likeness (QED) is 0.590. The number of nitrogens with one attached hydrogen (secondary N) is 1. The third-order valence-electron chi connectivity index (χ3n) is 1.69. The van der Waals surface area contributed by atoms with Crippen LogP contribution in [0, 0.1) is 0 Å². The molecule has 1 N–H and O–H groups in total. The van der Waals surface area contributed by atoms with Crippen LogP contribution in [0.4, 0.5) is 13.2 Å². The Morgan fingerprint density at radius 3 is 2.58 bits per heavy atom. The molecule has 1 atom stereocenters. The zero-order chi connectivity index (χ0) is 9.41. The summed E-state index contributed by atoms with van der Waals surface area (Å²) < 4.78 is 36.6. The fourth-order valence-electron chi connectivity index (χ4n) is 0.829. The van der Waals surface area contributed by atoms with Crippen molar-refractivity contribution in [1.29, 1.82) is 0 Å². The Bertz CT molecular complexity index is 235. The van der Waals surface area contributed by atoms with E-state index in [-0.39, 0.29) is 0 Å². The van der Waals surface area contributed by atoms with Crippen LogP contribution in [0.3, 0.4) is 0 Å². The Morgan fingerprint density at radius 1 is 1.67 bits per heavy atom. The van der Waals surface area contributed by atoms with Gasteiger partial charge in [-0.25, -0.2) is 0 Å². The molecule has 12 heavy (non-hydrogen) atoms. The van der Waals surface area contributed by atoms with E-state index in [1.165, 1.54) is 0 Å². The molecule has 0 bridgehead atoms. The van der Waals surface area contributed by atoms with Crippen molar-refractivity contribution >= 4 is 12.2 Å². The molecule has 1 aliphatic rings.